The Hall–Kier alpha value is -4.35. The van der Waals surface area contributed by atoms with E-state index >= 15 is 0 Å². The van der Waals surface area contributed by atoms with Gasteiger partial charge in [0.25, 0.3) is 5.91 Å². The number of nitrogens with zero attached hydrogens (tertiary/aromatic N) is 2. The van der Waals surface area contributed by atoms with E-state index in [-0.39, 0.29) is 12.3 Å². The molecule has 0 spiro atoms. The lowest BCUT2D eigenvalue weighted by Gasteiger charge is -2.26. The number of rotatable bonds is 8. The molecule has 2 aromatic carbocycles. The van der Waals surface area contributed by atoms with E-state index in [1.807, 2.05) is 0 Å². The molecule has 35 heavy (non-hydrogen) atoms. The van der Waals surface area contributed by atoms with Crippen molar-refractivity contribution in [2.24, 2.45) is 0 Å². The summed E-state index contributed by atoms with van der Waals surface area (Å²) in [6.45, 7) is 0.217. The first-order valence-electron chi connectivity index (χ1n) is 10.2. The highest BCUT2D eigenvalue weighted by atomic mass is 19.4. The third kappa shape index (κ3) is 6.37. The first kappa shape index (κ1) is 25.3. The summed E-state index contributed by atoms with van der Waals surface area (Å²) in [6, 6.07) is 16.4. The minimum absolute atomic E-state index is 0.137. The Bertz CT molecular complexity index is 1200. The van der Waals surface area contributed by atoms with Gasteiger partial charge in [-0.2, -0.15) is 18.3 Å². The van der Waals surface area contributed by atoms with Gasteiger partial charge in [-0.05, 0) is 24.6 Å². The fourth-order valence-electron chi connectivity index (χ4n) is 2.97. The smallest absolute Gasteiger partial charge is 0.435 e. The Morgan fingerprint density at radius 3 is 2.20 bits per heavy atom. The monoisotopic (exact) mass is 490 g/mol. The number of benzene rings is 2. The van der Waals surface area contributed by atoms with Crippen LogP contribution in [0.3, 0.4) is 0 Å². The van der Waals surface area contributed by atoms with E-state index in [9.17, 15) is 32.7 Å². The standard InChI is InChI=1S/C23H21F3N4O5/c1-22(20(32)33,28-21(34)35-13-15-8-4-2-5-9-15)14-27-19(31)17-12-30(16-10-6-3-7-11-16)29-18(17)23(24,25)26/h2-12H,13-14H2,1H3,(H,27,31)(H,28,34)(H,32,33)/t22-/m1/s1. The van der Waals surface area contributed by atoms with Gasteiger partial charge in [0.1, 0.15) is 6.61 Å². The van der Waals surface area contributed by atoms with Gasteiger partial charge in [-0.15, -0.1) is 0 Å². The molecule has 1 atom stereocenters. The molecular formula is C23H21F3N4O5. The van der Waals surface area contributed by atoms with Crippen LogP contribution < -0.4 is 10.6 Å². The van der Waals surface area contributed by atoms with Crippen molar-refractivity contribution >= 4 is 18.0 Å². The maximum absolute atomic E-state index is 13.5. The predicted molar refractivity (Wildman–Crippen MR) is 117 cm³/mol. The van der Waals surface area contributed by atoms with Gasteiger partial charge in [0, 0.05) is 6.20 Å². The summed E-state index contributed by atoms with van der Waals surface area (Å²) in [4.78, 5) is 36.5. The topological polar surface area (TPSA) is 123 Å². The van der Waals surface area contributed by atoms with Gasteiger partial charge in [-0.25, -0.2) is 14.3 Å². The van der Waals surface area contributed by atoms with E-state index in [0.717, 1.165) is 17.8 Å². The van der Waals surface area contributed by atoms with E-state index in [0.29, 0.717) is 5.56 Å². The zero-order chi connectivity index (χ0) is 25.6. The minimum atomic E-state index is -4.94. The number of aromatic nitrogens is 2. The van der Waals surface area contributed by atoms with Crippen LogP contribution in [-0.4, -0.2) is 44.9 Å². The number of amides is 2. The highest BCUT2D eigenvalue weighted by Gasteiger charge is 2.41. The Morgan fingerprint density at radius 2 is 1.63 bits per heavy atom. The number of alkyl carbamates (subject to hydrolysis) is 1. The van der Waals surface area contributed by atoms with E-state index in [4.69, 9.17) is 4.74 Å². The second-order valence-electron chi connectivity index (χ2n) is 7.68. The van der Waals surface area contributed by atoms with E-state index in [1.54, 1.807) is 48.5 Å². The summed E-state index contributed by atoms with van der Waals surface area (Å²) in [5, 5.41) is 17.3. The number of para-hydroxylation sites is 1. The molecular weight excluding hydrogens is 469 g/mol. The molecule has 1 heterocycles. The van der Waals surface area contributed by atoms with Gasteiger partial charge in [-0.1, -0.05) is 48.5 Å². The average Bonchev–Trinajstić information content (AvgIpc) is 3.29. The number of carboxylic acid groups (broad SMARTS) is 1. The van der Waals surface area contributed by atoms with Crippen molar-refractivity contribution in [1.29, 1.82) is 0 Å². The van der Waals surface area contributed by atoms with Crippen molar-refractivity contribution in [2.75, 3.05) is 6.54 Å². The molecule has 9 nitrogen and oxygen atoms in total. The first-order valence-corrected chi connectivity index (χ1v) is 10.2. The van der Waals surface area contributed by atoms with E-state index in [2.05, 4.69) is 15.7 Å². The van der Waals surface area contributed by atoms with Gasteiger partial charge in [0.2, 0.25) is 0 Å². The maximum Gasteiger partial charge on any atom is 0.435 e. The van der Waals surface area contributed by atoms with Gasteiger partial charge < -0.3 is 20.5 Å². The number of aliphatic carboxylic acids is 1. The number of halogens is 3. The molecule has 0 saturated heterocycles. The molecule has 0 aliphatic rings. The molecule has 3 rings (SSSR count). The Morgan fingerprint density at radius 1 is 1.03 bits per heavy atom. The van der Waals surface area contributed by atoms with Crippen LogP contribution in [0.15, 0.2) is 66.9 Å². The zero-order valence-electron chi connectivity index (χ0n) is 18.4. The summed E-state index contributed by atoms with van der Waals surface area (Å²) in [5.74, 6) is -2.75. The lowest BCUT2D eigenvalue weighted by Crippen LogP contribution is -2.58. The third-order valence-corrected chi connectivity index (χ3v) is 4.91. The minimum Gasteiger partial charge on any atom is -0.479 e. The number of nitrogens with one attached hydrogen (secondary N) is 2. The third-order valence-electron chi connectivity index (χ3n) is 4.91. The number of ether oxygens (including phenoxy) is 1. The largest absolute Gasteiger partial charge is 0.479 e. The number of hydrogen-bond donors (Lipinski definition) is 3. The lowest BCUT2D eigenvalue weighted by atomic mass is 10.0. The Kier molecular flexibility index (Phi) is 7.43. The molecule has 1 aromatic heterocycles. The molecule has 0 unspecified atom stereocenters. The molecule has 3 aromatic rings. The van der Waals surface area contributed by atoms with E-state index < -0.39 is 47.5 Å². The van der Waals surface area contributed by atoms with Crippen molar-refractivity contribution in [3.8, 4) is 5.69 Å². The molecule has 0 saturated carbocycles. The van der Waals surface area contributed by atoms with Crippen LogP contribution in [0.5, 0.6) is 0 Å². The molecule has 0 aliphatic heterocycles. The van der Waals surface area contributed by atoms with Crippen LogP contribution in [0.4, 0.5) is 18.0 Å². The lowest BCUT2D eigenvalue weighted by molar-refractivity contribution is -0.144. The summed E-state index contributed by atoms with van der Waals surface area (Å²) in [5.41, 5.74) is -3.37. The van der Waals surface area contributed by atoms with Crippen LogP contribution in [0.1, 0.15) is 28.5 Å². The van der Waals surface area contributed by atoms with E-state index in [1.165, 1.54) is 12.1 Å². The van der Waals surface area contributed by atoms with Crippen molar-refractivity contribution in [1.82, 2.24) is 20.4 Å². The van der Waals surface area contributed by atoms with Crippen LogP contribution in [0.25, 0.3) is 5.69 Å². The molecule has 0 fully saturated rings. The van der Waals surface area contributed by atoms with Crippen LogP contribution >= 0.6 is 0 Å². The maximum atomic E-state index is 13.5. The highest BCUT2D eigenvalue weighted by Crippen LogP contribution is 2.31. The van der Waals surface area contributed by atoms with Crippen molar-refractivity contribution < 1.29 is 37.4 Å². The van der Waals surface area contributed by atoms with Gasteiger partial charge >= 0.3 is 18.2 Å². The number of carbonyl (C=O) groups is 3. The molecule has 0 aliphatic carbocycles. The quantitative estimate of drug-likeness (QED) is 0.445. The van der Waals surface area contributed by atoms with Gasteiger partial charge in [0.15, 0.2) is 11.2 Å². The van der Waals surface area contributed by atoms with Crippen LogP contribution in [0.2, 0.25) is 0 Å². The van der Waals surface area contributed by atoms with Gasteiger partial charge in [0.05, 0.1) is 17.8 Å². The number of carboxylic acids is 1. The average molecular weight is 490 g/mol. The number of hydrogen-bond acceptors (Lipinski definition) is 5. The number of carbonyl (C=O) groups excluding carboxylic acids is 2. The van der Waals surface area contributed by atoms with Crippen LogP contribution in [0, 0.1) is 0 Å². The molecule has 0 bridgehead atoms. The van der Waals surface area contributed by atoms with Crippen molar-refractivity contribution in [3.05, 3.63) is 83.7 Å². The zero-order valence-corrected chi connectivity index (χ0v) is 18.4. The SMILES string of the molecule is C[C@](CNC(=O)c1cn(-c2ccccc2)nc1C(F)(F)F)(NC(=O)OCc1ccccc1)C(=O)O. The molecule has 184 valence electrons. The fourth-order valence-corrected chi connectivity index (χ4v) is 2.97. The summed E-state index contributed by atoms with van der Waals surface area (Å²) in [6.07, 6.45) is -5.13. The van der Waals surface area contributed by atoms with Gasteiger partial charge in [-0.3, -0.25) is 4.79 Å². The highest BCUT2D eigenvalue weighted by molar-refractivity contribution is 5.96. The van der Waals surface area contributed by atoms with Crippen molar-refractivity contribution in [3.63, 3.8) is 0 Å². The summed E-state index contributed by atoms with van der Waals surface area (Å²) < 4.78 is 46.4. The number of alkyl halides is 3. The predicted octanol–water partition coefficient (Wildman–Crippen LogP) is 3.39. The molecule has 0 radical (unpaired) electrons. The second-order valence-corrected chi connectivity index (χ2v) is 7.68. The normalized spacial score (nSPS) is 12.9. The van der Waals surface area contributed by atoms with Crippen LogP contribution in [-0.2, 0) is 22.3 Å². The summed E-state index contributed by atoms with van der Waals surface area (Å²) >= 11 is 0. The fraction of sp³-hybridized carbons (Fsp3) is 0.217. The Balaban J connectivity index is 1.72. The first-order chi connectivity index (χ1) is 16.5. The molecule has 2 amide bonds. The Labute approximate surface area is 197 Å². The molecule has 12 heteroatoms. The van der Waals surface area contributed by atoms with Crippen molar-refractivity contribution in [2.45, 2.75) is 25.2 Å². The molecule has 3 N–H and O–H groups in total. The summed E-state index contributed by atoms with van der Waals surface area (Å²) in [7, 11) is 0. The second kappa shape index (κ2) is 10.3.